The van der Waals surface area contributed by atoms with Crippen LogP contribution in [0, 0.1) is 5.92 Å². The summed E-state index contributed by atoms with van der Waals surface area (Å²) >= 11 is 0. The van der Waals surface area contributed by atoms with Crippen LogP contribution < -0.4 is 10.6 Å². The van der Waals surface area contributed by atoms with Crippen molar-refractivity contribution >= 4 is 18.0 Å². The van der Waals surface area contributed by atoms with Crippen molar-refractivity contribution in [2.75, 3.05) is 27.2 Å². The molecule has 1 fully saturated rings. The van der Waals surface area contributed by atoms with Crippen molar-refractivity contribution < 1.29 is 24.2 Å². The lowest BCUT2D eigenvalue weighted by Crippen LogP contribution is -2.54. The van der Waals surface area contributed by atoms with Crippen LogP contribution in [-0.4, -0.2) is 67.3 Å². The zero-order valence-corrected chi connectivity index (χ0v) is 20.2. The standard InChI is InChI=1S/C27H33N3O5/c1-30(2)15-24(25(31)28-18-9-7-8-17(14-18)26(32)33)29-27(34)35-16-23-21-12-5-3-10-19(21)20-11-4-6-13-22(20)23/h3-6,10-13,17-18,23-24H,7-9,14-16H2,1-2H3,(H,28,31)(H,29,34)(H,32,33)/t17-,18-,24?/m1/s1. The quantitative estimate of drug-likeness (QED) is 0.537. The van der Waals surface area contributed by atoms with Crippen LogP contribution in [0.15, 0.2) is 48.5 Å². The molecule has 2 amide bonds. The number of benzene rings is 2. The molecular weight excluding hydrogens is 446 g/mol. The Balaban J connectivity index is 1.38. The van der Waals surface area contributed by atoms with Gasteiger partial charge in [0, 0.05) is 18.5 Å². The van der Waals surface area contributed by atoms with Gasteiger partial charge in [0.2, 0.25) is 5.91 Å². The SMILES string of the molecule is CN(C)CC(NC(=O)OCC1c2ccccc2-c2ccccc21)C(=O)N[C@@H]1CCC[C@@H](C(=O)O)C1. The first-order valence-corrected chi connectivity index (χ1v) is 12.1. The summed E-state index contributed by atoms with van der Waals surface area (Å²) in [6, 6.07) is 15.2. The molecule has 1 unspecified atom stereocenters. The van der Waals surface area contributed by atoms with Crippen molar-refractivity contribution in [3.8, 4) is 11.1 Å². The Labute approximate surface area is 205 Å². The highest BCUT2D eigenvalue weighted by Crippen LogP contribution is 2.44. The Morgan fingerprint density at radius 1 is 1.03 bits per heavy atom. The summed E-state index contributed by atoms with van der Waals surface area (Å²) in [6.45, 7) is 0.462. The molecule has 8 heteroatoms. The van der Waals surface area contributed by atoms with E-state index in [0.717, 1.165) is 35.1 Å². The smallest absolute Gasteiger partial charge is 0.407 e. The van der Waals surface area contributed by atoms with Crippen molar-refractivity contribution in [1.29, 1.82) is 0 Å². The van der Waals surface area contributed by atoms with Gasteiger partial charge in [0.25, 0.3) is 0 Å². The number of carboxylic acid groups (broad SMARTS) is 1. The normalized spacial score (nSPS) is 20.0. The van der Waals surface area contributed by atoms with Crippen LogP contribution in [0.25, 0.3) is 11.1 Å². The molecule has 2 aromatic rings. The van der Waals surface area contributed by atoms with Crippen molar-refractivity contribution in [3.63, 3.8) is 0 Å². The molecule has 0 heterocycles. The molecule has 0 bridgehead atoms. The average molecular weight is 480 g/mol. The maximum Gasteiger partial charge on any atom is 0.407 e. The molecule has 2 aliphatic rings. The molecule has 0 aromatic heterocycles. The number of amides is 2. The number of nitrogens with zero attached hydrogens (tertiary/aromatic N) is 1. The van der Waals surface area contributed by atoms with E-state index >= 15 is 0 Å². The van der Waals surface area contributed by atoms with E-state index in [1.54, 1.807) is 0 Å². The Morgan fingerprint density at radius 2 is 1.66 bits per heavy atom. The molecule has 0 aliphatic heterocycles. The molecule has 4 rings (SSSR count). The number of nitrogens with one attached hydrogen (secondary N) is 2. The zero-order chi connectivity index (χ0) is 24.9. The lowest BCUT2D eigenvalue weighted by Gasteiger charge is -2.29. The van der Waals surface area contributed by atoms with Gasteiger partial charge in [-0.3, -0.25) is 9.59 Å². The summed E-state index contributed by atoms with van der Waals surface area (Å²) in [5.74, 6) is -1.67. The van der Waals surface area contributed by atoms with Crippen LogP contribution in [0.4, 0.5) is 4.79 Å². The zero-order valence-electron chi connectivity index (χ0n) is 20.2. The van der Waals surface area contributed by atoms with Gasteiger partial charge >= 0.3 is 12.1 Å². The molecule has 1 saturated carbocycles. The predicted molar refractivity (Wildman–Crippen MR) is 132 cm³/mol. The fourth-order valence-corrected chi connectivity index (χ4v) is 5.19. The number of hydrogen-bond donors (Lipinski definition) is 3. The maximum absolute atomic E-state index is 13.0. The van der Waals surface area contributed by atoms with E-state index < -0.39 is 24.0 Å². The molecule has 3 atom stereocenters. The van der Waals surface area contributed by atoms with E-state index in [2.05, 4.69) is 34.9 Å². The van der Waals surface area contributed by atoms with Gasteiger partial charge in [-0.2, -0.15) is 0 Å². The number of carbonyl (C=O) groups excluding carboxylic acids is 2. The van der Waals surface area contributed by atoms with Crippen molar-refractivity contribution in [3.05, 3.63) is 59.7 Å². The van der Waals surface area contributed by atoms with Gasteiger partial charge in [-0.05, 0) is 55.6 Å². The molecule has 0 radical (unpaired) electrons. The molecule has 0 spiro atoms. The largest absolute Gasteiger partial charge is 0.481 e. The Morgan fingerprint density at radius 3 is 2.26 bits per heavy atom. The van der Waals surface area contributed by atoms with Crippen LogP contribution in [0.2, 0.25) is 0 Å². The van der Waals surface area contributed by atoms with Gasteiger partial charge < -0.3 is 25.4 Å². The molecular formula is C27H33N3O5. The number of carbonyl (C=O) groups is 3. The number of ether oxygens (including phenoxy) is 1. The minimum absolute atomic E-state index is 0.0653. The molecule has 2 aliphatic carbocycles. The highest BCUT2D eigenvalue weighted by atomic mass is 16.5. The Bertz CT molecular complexity index is 1040. The van der Waals surface area contributed by atoms with Crippen LogP contribution in [-0.2, 0) is 14.3 Å². The fraction of sp³-hybridized carbons (Fsp3) is 0.444. The summed E-state index contributed by atoms with van der Waals surface area (Å²) in [5.41, 5.74) is 4.53. The minimum Gasteiger partial charge on any atom is -0.481 e. The highest BCUT2D eigenvalue weighted by Gasteiger charge is 2.32. The number of aliphatic carboxylic acids is 1. The van der Waals surface area contributed by atoms with Crippen LogP contribution in [0.1, 0.15) is 42.7 Å². The van der Waals surface area contributed by atoms with E-state index in [9.17, 15) is 19.5 Å². The number of hydrogen-bond acceptors (Lipinski definition) is 5. The first-order valence-electron chi connectivity index (χ1n) is 12.1. The van der Waals surface area contributed by atoms with Crippen LogP contribution >= 0.6 is 0 Å². The second kappa shape index (κ2) is 10.9. The number of likely N-dealkylation sites (N-methyl/N-ethyl adjacent to an activating group) is 1. The number of fused-ring (bicyclic) bond motifs is 3. The van der Waals surface area contributed by atoms with Crippen molar-refractivity contribution in [2.24, 2.45) is 5.92 Å². The van der Waals surface area contributed by atoms with Crippen LogP contribution in [0.3, 0.4) is 0 Å². The molecule has 8 nitrogen and oxygen atoms in total. The number of carboxylic acids is 1. The lowest BCUT2D eigenvalue weighted by molar-refractivity contribution is -0.143. The van der Waals surface area contributed by atoms with E-state index in [1.165, 1.54) is 0 Å². The van der Waals surface area contributed by atoms with Gasteiger partial charge in [-0.15, -0.1) is 0 Å². The van der Waals surface area contributed by atoms with Gasteiger partial charge in [0.1, 0.15) is 12.6 Å². The average Bonchev–Trinajstić information content (AvgIpc) is 3.16. The van der Waals surface area contributed by atoms with Gasteiger partial charge in [-0.25, -0.2) is 4.79 Å². The topological polar surface area (TPSA) is 108 Å². The number of rotatable bonds is 8. The number of alkyl carbamates (subject to hydrolysis) is 1. The third kappa shape index (κ3) is 5.82. The third-order valence-electron chi connectivity index (χ3n) is 6.87. The van der Waals surface area contributed by atoms with Gasteiger partial charge in [-0.1, -0.05) is 55.0 Å². The molecule has 0 saturated heterocycles. The molecule has 35 heavy (non-hydrogen) atoms. The van der Waals surface area contributed by atoms with E-state index in [-0.39, 0.29) is 24.5 Å². The second-order valence-corrected chi connectivity index (χ2v) is 9.69. The molecule has 3 N–H and O–H groups in total. The van der Waals surface area contributed by atoms with E-state index in [4.69, 9.17) is 4.74 Å². The summed E-state index contributed by atoms with van der Waals surface area (Å²) in [7, 11) is 3.64. The lowest BCUT2D eigenvalue weighted by atomic mass is 9.85. The van der Waals surface area contributed by atoms with Gasteiger partial charge in [0.05, 0.1) is 5.92 Å². The van der Waals surface area contributed by atoms with Gasteiger partial charge in [0.15, 0.2) is 0 Å². The van der Waals surface area contributed by atoms with E-state index in [0.29, 0.717) is 19.4 Å². The first-order chi connectivity index (χ1) is 16.8. The van der Waals surface area contributed by atoms with Crippen LogP contribution in [0.5, 0.6) is 0 Å². The monoisotopic (exact) mass is 479 g/mol. The summed E-state index contributed by atoms with van der Waals surface area (Å²) in [5, 5.41) is 15.0. The fourth-order valence-electron chi connectivity index (χ4n) is 5.19. The third-order valence-corrected chi connectivity index (χ3v) is 6.87. The van der Waals surface area contributed by atoms with E-state index in [1.807, 2.05) is 43.3 Å². The Hall–Kier alpha value is -3.39. The van der Waals surface area contributed by atoms with Crippen molar-refractivity contribution in [1.82, 2.24) is 15.5 Å². The molecule has 2 aromatic carbocycles. The summed E-state index contributed by atoms with van der Waals surface area (Å²) in [6.07, 6.45) is 1.86. The predicted octanol–water partition coefficient (Wildman–Crippen LogP) is 3.21. The first kappa shape index (κ1) is 24.7. The molecule has 186 valence electrons. The second-order valence-electron chi connectivity index (χ2n) is 9.69. The summed E-state index contributed by atoms with van der Waals surface area (Å²) in [4.78, 5) is 38.9. The summed E-state index contributed by atoms with van der Waals surface area (Å²) < 4.78 is 5.61. The van der Waals surface area contributed by atoms with Crippen molar-refractivity contribution in [2.45, 2.75) is 43.7 Å². The highest BCUT2D eigenvalue weighted by molar-refractivity contribution is 5.86. The minimum atomic E-state index is -0.828. The Kier molecular flexibility index (Phi) is 7.70. The maximum atomic E-state index is 13.0.